The first kappa shape index (κ1) is 26.0. The first-order chi connectivity index (χ1) is 16.0. The highest BCUT2D eigenvalue weighted by atomic mass is 32.2. The van der Waals surface area contributed by atoms with E-state index in [1.807, 2.05) is 4.90 Å². The van der Waals surface area contributed by atoms with Crippen LogP contribution >= 0.6 is 0 Å². The molecule has 0 aliphatic carbocycles. The van der Waals surface area contributed by atoms with Gasteiger partial charge in [0, 0.05) is 31.7 Å². The maximum atomic E-state index is 13.1. The van der Waals surface area contributed by atoms with E-state index in [9.17, 15) is 22.8 Å². The van der Waals surface area contributed by atoms with Gasteiger partial charge in [-0.05, 0) is 64.7 Å². The van der Waals surface area contributed by atoms with E-state index < -0.39 is 40.1 Å². The summed E-state index contributed by atoms with van der Waals surface area (Å²) in [7, 11) is -3.75. The van der Waals surface area contributed by atoms with Crippen molar-refractivity contribution in [3.8, 4) is 0 Å². The number of amides is 3. The summed E-state index contributed by atoms with van der Waals surface area (Å²) in [6.45, 7) is 7.02. The number of imide groups is 1. The van der Waals surface area contributed by atoms with Crippen molar-refractivity contribution in [2.75, 3.05) is 37.7 Å². The summed E-state index contributed by atoms with van der Waals surface area (Å²) >= 11 is 0. The summed E-state index contributed by atoms with van der Waals surface area (Å²) in [5.41, 5.74) is 0.129. The number of carbonyl (C=O) groups is 3. The zero-order valence-corrected chi connectivity index (χ0v) is 20.9. The van der Waals surface area contributed by atoms with Crippen LogP contribution in [-0.2, 0) is 19.6 Å². The zero-order valence-electron chi connectivity index (χ0n) is 20.1. The quantitative estimate of drug-likeness (QED) is 0.581. The molecule has 3 rings (SSSR count). The molecular formula is C23H34N4O6S. The van der Waals surface area contributed by atoms with Crippen molar-refractivity contribution in [2.24, 2.45) is 0 Å². The van der Waals surface area contributed by atoms with Crippen LogP contribution in [0.25, 0.3) is 0 Å². The summed E-state index contributed by atoms with van der Waals surface area (Å²) in [5.74, 6) is -1.60. The Hall–Kier alpha value is -2.66. The van der Waals surface area contributed by atoms with Gasteiger partial charge in [0.05, 0.1) is 16.1 Å². The third kappa shape index (κ3) is 6.69. The van der Waals surface area contributed by atoms with Crippen LogP contribution in [-0.4, -0.2) is 69.0 Å². The van der Waals surface area contributed by atoms with Crippen molar-refractivity contribution in [1.82, 2.24) is 14.9 Å². The van der Waals surface area contributed by atoms with Crippen LogP contribution in [0.5, 0.6) is 0 Å². The molecule has 1 aromatic carbocycles. The van der Waals surface area contributed by atoms with E-state index in [4.69, 9.17) is 4.74 Å². The molecule has 2 heterocycles. The molecule has 3 amide bonds. The van der Waals surface area contributed by atoms with Crippen molar-refractivity contribution in [1.29, 1.82) is 0 Å². The number of urea groups is 1. The molecule has 2 aliphatic rings. The van der Waals surface area contributed by atoms with Gasteiger partial charge in [0.2, 0.25) is 10.0 Å². The Morgan fingerprint density at radius 3 is 2.21 bits per heavy atom. The predicted molar refractivity (Wildman–Crippen MR) is 127 cm³/mol. The van der Waals surface area contributed by atoms with Crippen molar-refractivity contribution in [3.05, 3.63) is 23.8 Å². The Kier molecular flexibility index (Phi) is 8.19. The predicted octanol–water partition coefficient (Wildman–Crippen LogP) is 2.24. The molecular weight excluding hydrogens is 460 g/mol. The van der Waals surface area contributed by atoms with Gasteiger partial charge in [0.25, 0.3) is 5.91 Å². The van der Waals surface area contributed by atoms with Gasteiger partial charge < -0.3 is 15.0 Å². The number of sulfonamides is 1. The number of hydrogen-bond acceptors (Lipinski definition) is 7. The van der Waals surface area contributed by atoms with Crippen LogP contribution in [0.15, 0.2) is 23.1 Å². The first-order valence-corrected chi connectivity index (χ1v) is 13.1. The highest BCUT2D eigenvalue weighted by Crippen LogP contribution is 2.30. The van der Waals surface area contributed by atoms with Crippen molar-refractivity contribution in [3.63, 3.8) is 0 Å². The van der Waals surface area contributed by atoms with Crippen LogP contribution in [0.4, 0.5) is 10.5 Å². The lowest BCUT2D eigenvalue weighted by Crippen LogP contribution is -2.49. The second kappa shape index (κ2) is 10.7. The molecule has 2 aliphatic heterocycles. The molecule has 0 radical (unpaired) electrons. The second-order valence-corrected chi connectivity index (χ2v) is 11.6. The second-order valence-electron chi connectivity index (χ2n) is 9.67. The summed E-state index contributed by atoms with van der Waals surface area (Å²) in [4.78, 5) is 38.9. The molecule has 11 heteroatoms. The fourth-order valence-corrected chi connectivity index (χ4v) is 5.61. The van der Waals surface area contributed by atoms with Gasteiger partial charge in [-0.3, -0.25) is 10.1 Å². The largest absolute Gasteiger partial charge is 0.452 e. The highest BCUT2D eigenvalue weighted by Gasteiger charge is 2.29. The summed E-state index contributed by atoms with van der Waals surface area (Å²) < 4.78 is 32.9. The summed E-state index contributed by atoms with van der Waals surface area (Å²) in [6, 6.07) is 3.80. The molecule has 2 fully saturated rings. The number of piperidine rings is 1. The lowest BCUT2D eigenvalue weighted by atomic mass is 10.1. The van der Waals surface area contributed by atoms with E-state index in [1.165, 1.54) is 16.4 Å². The number of hydrogen-bond donors (Lipinski definition) is 2. The molecule has 0 aromatic heterocycles. The minimum atomic E-state index is -3.75. The number of rotatable bonds is 6. The van der Waals surface area contributed by atoms with Gasteiger partial charge in [-0.2, -0.15) is 4.31 Å². The van der Waals surface area contributed by atoms with E-state index in [-0.39, 0.29) is 10.5 Å². The van der Waals surface area contributed by atoms with Crippen LogP contribution in [0.3, 0.4) is 0 Å². The fourth-order valence-electron chi connectivity index (χ4n) is 4.07. The third-order valence-corrected chi connectivity index (χ3v) is 7.56. The molecule has 1 aromatic rings. The molecule has 0 spiro atoms. The number of nitrogens with one attached hydrogen (secondary N) is 2. The number of carbonyl (C=O) groups excluding carboxylic acids is 3. The minimum Gasteiger partial charge on any atom is -0.452 e. The molecule has 0 atom stereocenters. The van der Waals surface area contributed by atoms with E-state index in [0.717, 1.165) is 45.2 Å². The summed E-state index contributed by atoms with van der Waals surface area (Å²) in [5, 5.41) is 4.69. The number of ether oxygens (including phenoxy) is 1. The Morgan fingerprint density at radius 2 is 1.59 bits per heavy atom. The molecule has 2 N–H and O–H groups in total. The number of benzene rings is 1. The minimum absolute atomic E-state index is 0.0262. The first-order valence-electron chi connectivity index (χ1n) is 11.7. The van der Waals surface area contributed by atoms with E-state index >= 15 is 0 Å². The molecule has 0 bridgehead atoms. The normalized spacial score (nSPS) is 17.3. The SMILES string of the molecule is CC(C)(C)NC(=O)NC(=O)COC(=O)c1cc(S(=O)(=O)N2CCCCC2)ccc1N1CCCC1. The Morgan fingerprint density at radius 1 is 0.971 bits per heavy atom. The smallest absolute Gasteiger partial charge is 0.340 e. The topological polar surface area (TPSA) is 125 Å². The average Bonchev–Trinajstić information content (AvgIpc) is 3.31. The zero-order chi connectivity index (χ0) is 24.9. The maximum absolute atomic E-state index is 13.1. The van der Waals surface area contributed by atoms with Crippen LogP contribution in [0, 0.1) is 0 Å². The molecule has 0 saturated carbocycles. The number of nitrogens with zero attached hydrogens (tertiary/aromatic N) is 2. The van der Waals surface area contributed by atoms with Crippen molar-refractivity contribution in [2.45, 2.75) is 63.3 Å². The van der Waals surface area contributed by atoms with Gasteiger partial charge in [0.1, 0.15) is 0 Å². The average molecular weight is 495 g/mol. The van der Waals surface area contributed by atoms with Crippen molar-refractivity contribution < 1.29 is 27.5 Å². The van der Waals surface area contributed by atoms with Crippen molar-refractivity contribution >= 4 is 33.6 Å². The maximum Gasteiger partial charge on any atom is 0.340 e. The molecule has 2 saturated heterocycles. The Labute approximate surface area is 201 Å². The van der Waals surface area contributed by atoms with Gasteiger partial charge in [-0.1, -0.05) is 6.42 Å². The Bertz CT molecular complexity index is 1020. The van der Waals surface area contributed by atoms with Gasteiger partial charge in [-0.25, -0.2) is 18.0 Å². The van der Waals surface area contributed by atoms with Gasteiger partial charge >= 0.3 is 12.0 Å². The van der Waals surface area contributed by atoms with Gasteiger partial charge in [0.15, 0.2) is 6.61 Å². The molecule has 34 heavy (non-hydrogen) atoms. The number of anilines is 1. The standard InChI is InChI=1S/C23H34N4O6S/c1-23(2,3)25-22(30)24-20(28)16-33-21(29)18-15-17(9-10-19(18)26-11-7-8-12-26)34(31,32)27-13-5-4-6-14-27/h9-10,15H,4-8,11-14,16H2,1-3H3,(H2,24,25,28,30). The molecule has 0 unspecified atom stereocenters. The van der Waals surface area contributed by atoms with Crippen LogP contribution in [0.1, 0.15) is 63.2 Å². The lowest BCUT2D eigenvalue weighted by molar-refractivity contribution is -0.123. The highest BCUT2D eigenvalue weighted by molar-refractivity contribution is 7.89. The third-order valence-electron chi connectivity index (χ3n) is 5.66. The van der Waals surface area contributed by atoms with Gasteiger partial charge in [-0.15, -0.1) is 0 Å². The van der Waals surface area contributed by atoms with Crippen LogP contribution in [0.2, 0.25) is 0 Å². The van der Waals surface area contributed by atoms with E-state index in [1.54, 1.807) is 26.8 Å². The molecule has 10 nitrogen and oxygen atoms in total. The monoisotopic (exact) mass is 494 g/mol. The lowest BCUT2D eigenvalue weighted by Gasteiger charge is -2.27. The van der Waals surface area contributed by atoms with E-state index in [0.29, 0.717) is 18.8 Å². The Balaban J connectivity index is 1.77. The number of esters is 1. The van der Waals surface area contributed by atoms with Crippen LogP contribution < -0.4 is 15.5 Å². The van der Waals surface area contributed by atoms with E-state index in [2.05, 4.69) is 10.6 Å². The summed E-state index contributed by atoms with van der Waals surface area (Å²) in [6.07, 6.45) is 4.53. The molecule has 188 valence electrons. The fraction of sp³-hybridized carbons (Fsp3) is 0.609.